The van der Waals surface area contributed by atoms with Gasteiger partial charge in [-0.3, -0.25) is 4.79 Å². The van der Waals surface area contributed by atoms with Crippen molar-refractivity contribution >= 4 is 5.91 Å². The first kappa shape index (κ1) is 12.5. The first-order valence-corrected chi connectivity index (χ1v) is 4.75. The average Bonchev–Trinajstić information content (AvgIpc) is 2.15. The maximum atomic E-state index is 12.3. The minimum Gasteiger partial charge on any atom is -0.350 e. The number of hydrogen-bond acceptors (Lipinski definition) is 1. The van der Waals surface area contributed by atoms with Gasteiger partial charge in [0.05, 0.1) is 11.6 Å². The molecule has 1 atom stereocenters. The number of nitrogens with one attached hydrogen (secondary N) is 1. The van der Waals surface area contributed by atoms with E-state index >= 15 is 0 Å². The first-order chi connectivity index (χ1) is 7.30. The number of rotatable bonds is 2. The number of carbonyl (C=O) groups excluding carboxylic acids is 1. The number of hydrogen-bond donors (Lipinski definition) is 1. The van der Waals surface area contributed by atoms with Gasteiger partial charge in [0, 0.05) is 6.92 Å². The molecule has 1 aromatic rings. The van der Waals surface area contributed by atoms with Crippen molar-refractivity contribution in [1.29, 1.82) is 0 Å². The zero-order valence-corrected chi connectivity index (χ0v) is 8.93. The Kier molecular flexibility index (Phi) is 3.57. The molecule has 0 saturated carbocycles. The van der Waals surface area contributed by atoms with E-state index in [-0.39, 0.29) is 11.9 Å². The molecular weight excluding hydrogens is 219 g/mol. The van der Waals surface area contributed by atoms with E-state index in [1.165, 1.54) is 19.1 Å². The molecule has 0 aliphatic carbocycles. The van der Waals surface area contributed by atoms with Crippen LogP contribution < -0.4 is 5.32 Å². The van der Waals surface area contributed by atoms with Crippen LogP contribution in [0.5, 0.6) is 0 Å². The lowest BCUT2D eigenvalue weighted by Crippen LogP contribution is -2.23. The van der Waals surface area contributed by atoms with Gasteiger partial charge in [0.25, 0.3) is 0 Å². The lowest BCUT2D eigenvalue weighted by atomic mass is 10.1. The molecular formula is C11H12F3NO. The Morgan fingerprint density at radius 3 is 2.12 bits per heavy atom. The van der Waals surface area contributed by atoms with Gasteiger partial charge in [-0.25, -0.2) is 0 Å². The van der Waals surface area contributed by atoms with Crippen LogP contribution in [-0.4, -0.2) is 5.91 Å². The van der Waals surface area contributed by atoms with E-state index in [0.29, 0.717) is 5.56 Å². The van der Waals surface area contributed by atoms with Gasteiger partial charge in [0.15, 0.2) is 0 Å². The van der Waals surface area contributed by atoms with E-state index in [9.17, 15) is 18.0 Å². The molecule has 0 saturated heterocycles. The molecule has 16 heavy (non-hydrogen) atoms. The van der Waals surface area contributed by atoms with Gasteiger partial charge in [-0.1, -0.05) is 12.1 Å². The molecule has 5 heteroatoms. The predicted molar refractivity (Wildman–Crippen MR) is 53.7 cm³/mol. The summed E-state index contributed by atoms with van der Waals surface area (Å²) in [5.74, 6) is -0.215. The molecule has 0 unspecified atom stereocenters. The highest BCUT2D eigenvalue weighted by Gasteiger charge is 2.30. The molecule has 0 radical (unpaired) electrons. The van der Waals surface area contributed by atoms with Crippen LogP contribution in [0.3, 0.4) is 0 Å². The molecule has 0 spiro atoms. The predicted octanol–water partition coefficient (Wildman–Crippen LogP) is 2.90. The summed E-state index contributed by atoms with van der Waals surface area (Å²) in [6.45, 7) is 3.07. The second-order valence-corrected chi connectivity index (χ2v) is 3.54. The Bertz CT molecular complexity index is 370. The molecule has 1 aromatic carbocycles. The summed E-state index contributed by atoms with van der Waals surface area (Å²) in [4.78, 5) is 10.8. The molecule has 1 N–H and O–H groups in total. The third-order valence-corrected chi connectivity index (χ3v) is 2.16. The fraction of sp³-hybridized carbons (Fsp3) is 0.364. The second-order valence-electron chi connectivity index (χ2n) is 3.54. The SMILES string of the molecule is CC(=O)N[C@H](C)c1ccc(C(F)(F)F)cc1. The monoisotopic (exact) mass is 231 g/mol. The minimum atomic E-state index is -4.32. The maximum absolute atomic E-state index is 12.3. The highest BCUT2D eigenvalue weighted by Crippen LogP contribution is 2.29. The molecule has 1 amide bonds. The molecule has 0 aliphatic rings. The topological polar surface area (TPSA) is 29.1 Å². The Hall–Kier alpha value is -1.52. The second kappa shape index (κ2) is 4.55. The van der Waals surface area contributed by atoms with Crippen molar-refractivity contribution in [2.24, 2.45) is 0 Å². The summed E-state index contributed by atoms with van der Waals surface area (Å²) in [5.41, 5.74) is -0.0468. The highest BCUT2D eigenvalue weighted by molar-refractivity contribution is 5.73. The Balaban J connectivity index is 2.83. The van der Waals surface area contributed by atoms with Crippen molar-refractivity contribution in [3.63, 3.8) is 0 Å². The molecule has 2 nitrogen and oxygen atoms in total. The standard InChI is InChI=1S/C11H12F3NO/c1-7(15-8(2)16)9-3-5-10(6-4-9)11(12,13)14/h3-7H,1-2H3,(H,15,16)/t7-/m1/s1. The van der Waals surface area contributed by atoms with E-state index in [1.807, 2.05) is 0 Å². The maximum Gasteiger partial charge on any atom is 0.416 e. The van der Waals surface area contributed by atoms with Crippen molar-refractivity contribution in [2.45, 2.75) is 26.1 Å². The average molecular weight is 231 g/mol. The molecule has 0 heterocycles. The van der Waals surface area contributed by atoms with Crippen molar-refractivity contribution in [2.75, 3.05) is 0 Å². The van der Waals surface area contributed by atoms with Gasteiger partial charge in [-0.05, 0) is 24.6 Å². The molecule has 1 rings (SSSR count). The Morgan fingerprint density at radius 2 is 1.75 bits per heavy atom. The fourth-order valence-electron chi connectivity index (χ4n) is 1.35. The van der Waals surface area contributed by atoms with Gasteiger partial charge in [0.1, 0.15) is 0 Å². The van der Waals surface area contributed by atoms with Gasteiger partial charge < -0.3 is 5.32 Å². The van der Waals surface area contributed by atoms with Crippen LogP contribution in [-0.2, 0) is 11.0 Å². The lowest BCUT2D eigenvalue weighted by Gasteiger charge is -2.14. The quantitative estimate of drug-likeness (QED) is 0.833. The zero-order chi connectivity index (χ0) is 12.3. The smallest absolute Gasteiger partial charge is 0.350 e. The van der Waals surface area contributed by atoms with Crippen LogP contribution >= 0.6 is 0 Å². The molecule has 0 aliphatic heterocycles. The fourth-order valence-corrected chi connectivity index (χ4v) is 1.35. The van der Waals surface area contributed by atoms with E-state index in [1.54, 1.807) is 6.92 Å². The number of amides is 1. The first-order valence-electron chi connectivity index (χ1n) is 4.75. The van der Waals surface area contributed by atoms with Crippen molar-refractivity contribution < 1.29 is 18.0 Å². The summed E-state index contributed by atoms with van der Waals surface area (Å²) in [5, 5.41) is 2.60. The lowest BCUT2D eigenvalue weighted by molar-refractivity contribution is -0.137. The van der Waals surface area contributed by atoms with Crippen LogP contribution in [0.25, 0.3) is 0 Å². The normalized spacial score (nSPS) is 13.3. The van der Waals surface area contributed by atoms with Crippen LogP contribution in [0.2, 0.25) is 0 Å². The molecule has 0 aromatic heterocycles. The van der Waals surface area contributed by atoms with E-state index in [2.05, 4.69) is 5.32 Å². The Labute approximate surface area is 91.5 Å². The zero-order valence-electron chi connectivity index (χ0n) is 8.93. The van der Waals surface area contributed by atoms with E-state index < -0.39 is 11.7 Å². The summed E-state index contributed by atoms with van der Waals surface area (Å²) in [7, 11) is 0. The van der Waals surface area contributed by atoms with Crippen LogP contribution in [0.1, 0.15) is 31.0 Å². The van der Waals surface area contributed by atoms with E-state index in [0.717, 1.165) is 12.1 Å². The van der Waals surface area contributed by atoms with Crippen LogP contribution in [0.4, 0.5) is 13.2 Å². The van der Waals surface area contributed by atoms with Gasteiger partial charge in [-0.15, -0.1) is 0 Å². The number of alkyl halides is 3. The summed E-state index contributed by atoms with van der Waals surface area (Å²) in [6, 6.07) is 4.45. The van der Waals surface area contributed by atoms with Crippen molar-refractivity contribution in [1.82, 2.24) is 5.32 Å². The third-order valence-electron chi connectivity index (χ3n) is 2.16. The van der Waals surface area contributed by atoms with Gasteiger partial charge >= 0.3 is 6.18 Å². The highest BCUT2D eigenvalue weighted by atomic mass is 19.4. The number of halogens is 3. The molecule has 0 fully saturated rings. The molecule has 0 bridgehead atoms. The van der Waals surface area contributed by atoms with Crippen LogP contribution in [0.15, 0.2) is 24.3 Å². The summed E-state index contributed by atoms with van der Waals surface area (Å²) >= 11 is 0. The minimum absolute atomic E-state index is 0.215. The summed E-state index contributed by atoms with van der Waals surface area (Å²) in [6.07, 6.45) is -4.32. The van der Waals surface area contributed by atoms with Crippen molar-refractivity contribution in [3.8, 4) is 0 Å². The van der Waals surface area contributed by atoms with Crippen molar-refractivity contribution in [3.05, 3.63) is 35.4 Å². The number of carbonyl (C=O) groups is 1. The molecule has 88 valence electrons. The summed E-state index contributed by atoms with van der Waals surface area (Å²) < 4.78 is 36.8. The number of benzene rings is 1. The van der Waals surface area contributed by atoms with E-state index in [4.69, 9.17) is 0 Å². The van der Waals surface area contributed by atoms with Gasteiger partial charge in [-0.2, -0.15) is 13.2 Å². The van der Waals surface area contributed by atoms with Gasteiger partial charge in [0.2, 0.25) is 5.91 Å². The largest absolute Gasteiger partial charge is 0.416 e. The van der Waals surface area contributed by atoms with Crippen LogP contribution in [0, 0.1) is 0 Å². The Morgan fingerprint density at radius 1 is 1.25 bits per heavy atom. The third kappa shape index (κ3) is 3.25.